The molecule has 0 saturated heterocycles. The van der Waals surface area contributed by atoms with Crippen LogP contribution in [-0.4, -0.2) is 30.8 Å². The predicted molar refractivity (Wildman–Crippen MR) is 103 cm³/mol. The highest BCUT2D eigenvalue weighted by atomic mass is 32.2. The summed E-state index contributed by atoms with van der Waals surface area (Å²) >= 11 is 0. The Morgan fingerprint density at radius 2 is 1.62 bits per heavy atom. The number of anilines is 1. The standard InChI is InChI=1S/C20H23NO4S/c1-3-17(22)14-19(26(24,25)18-12-8-5-9-13-18)15(2)20(23)21-16-10-6-4-7-11-16/h4-13,17,19,22H,2-3,14H2,1H3,(H,21,23). The summed E-state index contributed by atoms with van der Waals surface area (Å²) in [7, 11) is -3.86. The van der Waals surface area contributed by atoms with E-state index in [1.165, 1.54) is 12.1 Å². The maximum Gasteiger partial charge on any atom is 0.252 e. The van der Waals surface area contributed by atoms with Crippen LogP contribution in [0.2, 0.25) is 0 Å². The molecular weight excluding hydrogens is 350 g/mol. The number of para-hydroxylation sites is 1. The van der Waals surface area contributed by atoms with E-state index in [1.807, 2.05) is 6.07 Å². The van der Waals surface area contributed by atoms with E-state index < -0.39 is 27.1 Å². The van der Waals surface area contributed by atoms with Crippen molar-refractivity contribution in [1.82, 2.24) is 0 Å². The number of aliphatic hydroxyl groups excluding tert-OH is 1. The summed E-state index contributed by atoms with van der Waals surface area (Å²) in [5, 5.41) is 11.5. The zero-order valence-corrected chi connectivity index (χ0v) is 15.4. The van der Waals surface area contributed by atoms with E-state index >= 15 is 0 Å². The van der Waals surface area contributed by atoms with Gasteiger partial charge in [-0.3, -0.25) is 4.79 Å². The number of sulfone groups is 1. The first-order chi connectivity index (χ1) is 12.4. The van der Waals surface area contributed by atoms with Crippen molar-refractivity contribution >= 4 is 21.4 Å². The van der Waals surface area contributed by atoms with Gasteiger partial charge in [-0.25, -0.2) is 8.42 Å². The third-order valence-corrected chi connectivity index (χ3v) is 6.27. The van der Waals surface area contributed by atoms with E-state index in [0.29, 0.717) is 12.1 Å². The summed E-state index contributed by atoms with van der Waals surface area (Å²) in [5.74, 6) is -0.580. The Hall–Kier alpha value is -2.44. The molecule has 0 aliphatic heterocycles. The van der Waals surface area contributed by atoms with Crippen LogP contribution in [0, 0.1) is 0 Å². The van der Waals surface area contributed by atoms with Crippen LogP contribution in [0.1, 0.15) is 19.8 Å². The maximum atomic E-state index is 13.0. The zero-order valence-electron chi connectivity index (χ0n) is 14.6. The minimum Gasteiger partial charge on any atom is -0.393 e. The highest BCUT2D eigenvalue weighted by Crippen LogP contribution is 2.26. The largest absolute Gasteiger partial charge is 0.393 e. The molecule has 0 bridgehead atoms. The Bertz CT molecular complexity index is 848. The number of rotatable bonds is 8. The molecule has 0 radical (unpaired) electrons. The fraction of sp³-hybridized carbons (Fsp3) is 0.250. The normalized spacial score (nSPS) is 13.6. The number of carbonyl (C=O) groups excluding carboxylic acids is 1. The molecule has 0 aliphatic rings. The van der Waals surface area contributed by atoms with Gasteiger partial charge in [0.25, 0.3) is 5.91 Å². The van der Waals surface area contributed by atoms with Crippen molar-refractivity contribution in [1.29, 1.82) is 0 Å². The number of carbonyl (C=O) groups is 1. The van der Waals surface area contributed by atoms with Gasteiger partial charge in [-0.05, 0) is 37.1 Å². The molecule has 2 rings (SSSR count). The predicted octanol–water partition coefficient (Wildman–Crippen LogP) is 3.18. The SMILES string of the molecule is C=C(C(=O)Nc1ccccc1)C(CC(O)CC)S(=O)(=O)c1ccccc1. The molecule has 2 atom stereocenters. The van der Waals surface area contributed by atoms with Gasteiger partial charge in [-0.2, -0.15) is 0 Å². The quantitative estimate of drug-likeness (QED) is 0.696. The van der Waals surface area contributed by atoms with Gasteiger partial charge >= 0.3 is 0 Å². The van der Waals surface area contributed by atoms with Crippen LogP contribution >= 0.6 is 0 Å². The molecule has 2 aromatic carbocycles. The van der Waals surface area contributed by atoms with E-state index in [-0.39, 0.29) is 16.9 Å². The van der Waals surface area contributed by atoms with Crippen LogP contribution in [0.5, 0.6) is 0 Å². The molecule has 2 N–H and O–H groups in total. The average Bonchev–Trinajstić information content (AvgIpc) is 2.66. The minimum absolute atomic E-state index is 0.0885. The van der Waals surface area contributed by atoms with Gasteiger partial charge in [-0.15, -0.1) is 0 Å². The molecule has 2 aromatic rings. The first-order valence-electron chi connectivity index (χ1n) is 8.38. The number of hydrogen-bond acceptors (Lipinski definition) is 4. The highest BCUT2D eigenvalue weighted by Gasteiger charge is 2.34. The molecule has 26 heavy (non-hydrogen) atoms. The van der Waals surface area contributed by atoms with Gasteiger partial charge < -0.3 is 10.4 Å². The van der Waals surface area contributed by atoms with Crippen molar-refractivity contribution < 1.29 is 18.3 Å². The third-order valence-electron chi connectivity index (χ3n) is 4.12. The van der Waals surface area contributed by atoms with Crippen LogP contribution < -0.4 is 5.32 Å². The minimum atomic E-state index is -3.86. The van der Waals surface area contributed by atoms with Crippen LogP contribution in [0.25, 0.3) is 0 Å². The second-order valence-electron chi connectivity index (χ2n) is 5.99. The molecule has 0 saturated carbocycles. The van der Waals surface area contributed by atoms with Gasteiger partial charge in [0.05, 0.1) is 16.2 Å². The smallest absolute Gasteiger partial charge is 0.252 e. The Kier molecular flexibility index (Phi) is 6.71. The molecule has 0 fully saturated rings. The summed E-state index contributed by atoms with van der Waals surface area (Å²) in [4.78, 5) is 12.6. The van der Waals surface area contributed by atoms with E-state index in [9.17, 15) is 18.3 Å². The van der Waals surface area contributed by atoms with Crippen molar-refractivity contribution in [3.63, 3.8) is 0 Å². The molecule has 1 amide bonds. The molecule has 138 valence electrons. The molecule has 0 aliphatic carbocycles. The van der Waals surface area contributed by atoms with E-state index in [2.05, 4.69) is 11.9 Å². The van der Waals surface area contributed by atoms with E-state index in [0.717, 1.165) is 0 Å². The number of benzene rings is 2. The van der Waals surface area contributed by atoms with Crippen LogP contribution in [0.4, 0.5) is 5.69 Å². The van der Waals surface area contributed by atoms with Crippen molar-refractivity contribution in [2.75, 3.05) is 5.32 Å². The molecule has 2 unspecified atom stereocenters. The maximum absolute atomic E-state index is 13.0. The lowest BCUT2D eigenvalue weighted by molar-refractivity contribution is -0.113. The molecule has 5 nitrogen and oxygen atoms in total. The summed E-state index contributed by atoms with van der Waals surface area (Å²) in [6.45, 7) is 5.48. The van der Waals surface area contributed by atoms with E-state index in [4.69, 9.17) is 0 Å². The third kappa shape index (κ3) is 4.80. The Labute approximate surface area is 154 Å². The first-order valence-corrected chi connectivity index (χ1v) is 9.93. The van der Waals surface area contributed by atoms with Crippen molar-refractivity contribution in [2.45, 2.75) is 36.0 Å². The van der Waals surface area contributed by atoms with Crippen molar-refractivity contribution in [3.05, 3.63) is 72.8 Å². The summed E-state index contributed by atoms with van der Waals surface area (Å²) in [6, 6.07) is 16.6. The molecule has 0 aromatic heterocycles. The van der Waals surface area contributed by atoms with Gasteiger partial charge in [0.2, 0.25) is 0 Å². The fourth-order valence-electron chi connectivity index (χ4n) is 2.52. The topological polar surface area (TPSA) is 83.5 Å². The van der Waals surface area contributed by atoms with Crippen LogP contribution in [0.15, 0.2) is 77.7 Å². The summed E-state index contributed by atoms with van der Waals surface area (Å²) in [6.07, 6.45) is -0.553. The lowest BCUT2D eigenvalue weighted by Gasteiger charge is -2.22. The number of nitrogens with one attached hydrogen (secondary N) is 1. The first kappa shape index (κ1) is 19.9. The monoisotopic (exact) mass is 373 g/mol. The van der Waals surface area contributed by atoms with Crippen LogP contribution in [-0.2, 0) is 14.6 Å². The molecule has 6 heteroatoms. The second-order valence-corrected chi connectivity index (χ2v) is 8.12. The average molecular weight is 373 g/mol. The summed E-state index contributed by atoms with van der Waals surface area (Å²) in [5.41, 5.74) is 0.454. The Morgan fingerprint density at radius 1 is 1.08 bits per heavy atom. The fourth-order valence-corrected chi connectivity index (χ4v) is 4.35. The summed E-state index contributed by atoms with van der Waals surface area (Å²) < 4.78 is 26.1. The van der Waals surface area contributed by atoms with Crippen LogP contribution in [0.3, 0.4) is 0 Å². The van der Waals surface area contributed by atoms with Gasteiger partial charge in [0.1, 0.15) is 0 Å². The highest BCUT2D eigenvalue weighted by molar-refractivity contribution is 7.92. The Balaban J connectivity index is 2.32. The molecule has 0 spiro atoms. The molecular formula is C20H23NO4S. The van der Waals surface area contributed by atoms with Gasteiger partial charge in [-0.1, -0.05) is 49.9 Å². The number of amides is 1. The Morgan fingerprint density at radius 3 is 2.15 bits per heavy atom. The van der Waals surface area contributed by atoms with Crippen molar-refractivity contribution in [3.8, 4) is 0 Å². The van der Waals surface area contributed by atoms with Crippen molar-refractivity contribution in [2.24, 2.45) is 0 Å². The lowest BCUT2D eigenvalue weighted by Crippen LogP contribution is -2.33. The second kappa shape index (κ2) is 8.78. The van der Waals surface area contributed by atoms with Gasteiger partial charge in [0, 0.05) is 11.3 Å². The lowest BCUT2D eigenvalue weighted by atomic mass is 10.1. The number of aliphatic hydroxyl groups is 1. The number of hydrogen-bond donors (Lipinski definition) is 2. The molecule has 0 heterocycles. The zero-order chi connectivity index (χ0) is 19.2. The van der Waals surface area contributed by atoms with E-state index in [1.54, 1.807) is 49.4 Å². The van der Waals surface area contributed by atoms with Gasteiger partial charge in [0.15, 0.2) is 9.84 Å².